The van der Waals surface area contributed by atoms with Gasteiger partial charge in [-0.2, -0.15) is 0 Å². The smallest absolute Gasteiger partial charge is 0.338 e. The Balaban J connectivity index is 2.32. The first-order chi connectivity index (χ1) is 7.59. The van der Waals surface area contributed by atoms with E-state index in [0.29, 0.717) is 18.1 Å². The average molecular weight is 238 g/mol. The Kier molecular flexibility index (Phi) is 5.39. The Morgan fingerprint density at radius 1 is 1.31 bits per heavy atom. The summed E-state index contributed by atoms with van der Waals surface area (Å²) in [6.07, 6.45) is 2.01. The number of carbonyl (C=O) groups excluding carboxylic acids is 1. The van der Waals surface area contributed by atoms with Crippen LogP contribution in [0.5, 0.6) is 0 Å². The van der Waals surface area contributed by atoms with E-state index in [0.717, 1.165) is 17.7 Å². The van der Waals surface area contributed by atoms with Crippen LogP contribution in [0, 0.1) is 5.92 Å². The highest BCUT2D eigenvalue weighted by molar-refractivity contribution is 7.80. The first kappa shape index (κ1) is 13.1. The van der Waals surface area contributed by atoms with Crippen molar-refractivity contribution in [3.63, 3.8) is 0 Å². The van der Waals surface area contributed by atoms with Crippen LogP contribution in [0.2, 0.25) is 0 Å². The molecule has 0 aliphatic carbocycles. The molecule has 0 aliphatic heterocycles. The fourth-order valence-electron chi connectivity index (χ4n) is 1.34. The van der Waals surface area contributed by atoms with Gasteiger partial charge < -0.3 is 4.74 Å². The fraction of sp³-hybridized carbons (Fsp3) is 0.462. The van der Waals surface area contributed by atoms with E-state index in [2.05, 4.69) is 26.5 Å². The molecule has 2 nitrogen and oxygen atoms in total. The van der Waals surface area contributed by atoms with E-state index in [4.69, 9.17) is 4.74 Å². The lowest BCUT2D eigenvalue weighted by Gasteiger charge is -2.06. The molecule has 0 aliphatic rings. The van der Waals surface area contributed by atoms with Crippen molar-refractivity contribution in [1.29, 1.82) is 0 Å². The molecule has 1 aromatic carbocycles. The zero-order valence-corrected chi connectivity index (χ0v) is 10.7. The molecule has 0 atom stereocenters. The van der Waals surface area contributed by atoms with Crippen LogP contribution >= 0.6 is 12.6 Å². The summed E-state index contributed by atoms with van der Waals surface area (Å²) in [7, 11) is 0. The number of benzene rings is 1. The summed E-state index contributed by atoms with van der Waals surface area (Å²) in [5, 5.41) is 0. The van der Waals surface area contributed by atoms with Gasteiger partial charge in [-0.1, -0.05) is 13.8 Å². The number of thiol groups is 1. The summed E-state index contributed by atoms with van der Waals surface area (Å²) in [5.74, 6) is 0.402. The van der Waals surface area contributed by atoms with Crippen molar-refractivity contribution in [2.24, 2.45) is 5.92 Å². The maximum absolute atomic E-state index is 11.6. The molecule has 0 aromatic heterocycles. The Labute approximate surface area is 102 Å². The molecular weight excluding hydrogens is 220 g/mol. The Bertz CT molecular complexity index is 330. The summed E-state index contributed by atoms with van der Waals surface area (Å²) >= 11 is 4.16. The molecule has 0 saturated heterocycles. The van der Waals surface area contributed by atoms with Gasteiger partial charge in [0, 0.05) is 4.90 Å². The maximum Gasteiger partial charge on any atom is 0.338 e. The van der Waals surface area contributed by atoms with Gasteiger partial charge in [0.1, 0.15) is 0 Å². The van der Waals surface area contributed by atoms with E-state index in [1.807, 2.05) is 0 Å². The minimum absolute atomic E-state index is 0.253. The number of hydrogen-bond acceptors (Lipinski definition) is 3. The molecule has 0 fully saturated rings. The van der Waals surface area contributed by atoms with Gasteiger partial charge in [0.15, 0.2) is 0 Å². The van der Waals surface area contributed by atoms with Crippen molar-refractivity contribution in [3.8, 4) is 0 Å². The third kappa shape index (κ3) is 4.71. The van der Waals surface area contributed by atoms with Crippen molar-refractivity contribution in [3.05, 3.63) is 29.8 Å². The van der Waals surface area contributed by atoms with Crippen LogP contribution < -0.4 is 0 Å². The van der Waals surface area contributed by atoms with Crippen LogP contribution in [0.25, 0.3) is 0 Å². The molecule has 0 bridgehead atoms. The highest BCUT2D eigenvalue weighted by Crippen LogP contribution is 2.09. The lowest BCUT2D eigenvalue weighted by molar-refractivity contribution is 0.0494. The molecule has 0 unspecified atom stereocenters. The van der Waals surface area contributed by atoms with Crippen molar-refractivity contribution in [2.45, 2.75) is 31.6 Å². The second-order valence-electron chi connectivity index (χ2n) is 4.22. The Morgan fingerprint density at radius 2 is 1.94 bits per heavy atom. The van der Waals surface area contributed by atoms with E-state index in [1.54, 1.807) is 24.3 Å². The zero-order chi connectivity index (χ0) is 12.0. The van der Waals surface area contributed by atoms with Crippen molar-refractivity contribution >= 4 is 18.6 Å². The minimum atomic E-state index is -0.253. The second-order valence-corrected chi connectivity index (χ2v) is 4.74. The van der Waals surface area contributed by atoms with Crippen molar-refractivity contribution < 1.29 is 9.53 Å². The highest BCUT2D eigenvalue weighted by atomic mass is 32.1. The topological polar surface area (TPSA) is 26.3 Å². The van der Waals surface area contributed by atoms with Crippen LogP contribution in [0.4, 0.5) is 0 Å². The third-order valence-electron chi connectivity index (χ3n) is 2.26. The van der Waals surface area contributed by atoms with Gasteiger partial charge in [0.05, 0.1) is 12.2 Å². The summed E-state index contributed by atoms with van der Waals surface area (Å²) in [6.45, 7) is 4.82. The highest BCUT2D eigenvalue weighted by Gasteiger charge is 2.06. The molecule has 0 radical (unpaired) electrons. The summed E-state index contributed by atoms with van der Waals surface area (Å²) in [6, 6.07) is 7.03. The standard InChI is InChI=1S/C13H18O2S/c1-10(2)4-3-9-15-13(14)11-5-7-12(16)8-6-11/h5-8,10,16H,3-4,9H2,1-2H3. The van der Waals surface area contributed by atoms with Gasteiger partial charge in [0.25, 0.3) is 0 Å². The molecule has 0 amide bonds. The van der Waals surface area contributed by atoms with Gasteiger partial charge in [-0.05, 0) is 43.0 Å². The third-order valence-corrected chi connectivity index (χ3v) is 2.56. The second kappa shape index (κ2) is 6.59. The van der Waals surface area contributed by atoms with E-state index in [-0.39, 0.29) is 5.97 Å². The fourth-order valence-corrected chi connectivity index (χ4v) is 1.49. The Morgan fingerprint density at radius 3 is 2.50 bits per heavy atom. The molecule has 3 heteroatoms. The SMILES string of the molecule is CC(C)CCCOC(=O)c1ccc(S)cc1. The lowest BCUT2D eigenvalue weighted by Crippen LogP contribution is -2.06. The van der Waals surface area contributed by atoms with E-state index >= 15 is 0 Å². The first-order valence-corrected chi connectivity index (χ1v) is 6.00. The van der Waals surface area contributed by atoms with Crippen LogP contribution in [0.3, 0.4) is 0 Å². The van der Waals surface area contributed by atoms with Crippen LogP contribution in [0.15, 0.2) is 29.2 Å². The minimum Gasteiger partial charge on any atom is -0.462 e. The predicted octanol–water partition coefficient (Wildman–Crippen LogP) is 3.57. The van der Waals surface area contributed by atoms with Crippen LogP contribution in [-0.4, -0.2) is 12.6 Å². The molecule has 0 heterocycles. The van der Waals surface area contributed by atoms with Gasteiger partial charge in [0.2, 0.25) is 0 Å². The zero-order valence-electron chi connectivity index (χ0n) is 9.77. The maximum atomic E-state index is 11.6. The number of rotatable bonds is 5. The van der Waals surface area contributed by atoms with Crippen molar-refractivity contribution in [2.75, 3.05) is 6.61 Å². The predicted molar refractivity (Wildman–Crippen MR) is 68.0 cm³/mol. The van der Waals surface area contributed by atoms with Gasteiger partial charge in [-0.15, -0.1) is 12.6 Å². The molecule has 1 rings (SSSR count). The van der Waals surface area contributed by atoms with E-state index in [1.165, 1.54) is 0 Å². The molecule has 16 heavy (non-hydrogen) atoms. The largest absolute Gasteiger partial charge is 0.462 e. The van der Waals surface area contributed by atoms with Crippen LogP contribution in [0.1, 0.15) is 37.0 Å². The molecule has 0 N–H and O–H groups in total. The normalized spacial score (nSPS) is 10.5. The molecule has 0 spiro atoms. The summed E-state index contributed by atoms with van der Waals surface area (Å²) in [5.41, 5.74) is 0.586. The monoisotopic (exact) mass is 238 g/mol. The number of hydrogen-bond donors (Lipinski definition) is 1. The van der Waals surface area contributed by atoms with Crippen LogP contribution in [-0.2, 0) is 4.74 Å². The Hall–Kier alpha value is -0.960. The quantitative estimate of drug-likeness (QED) is 0.482. The molecule has 0 saturated carbocycles. The lowest BCUT2D eigenvalue weighted by atomic mass is 10.1. The average Bonchev–Trinajstić information content (AvgIpc) is 2.25. The summed E-state index contributed by atoms with van der Waals surface area (Å²) < 4.78 is 5.15. The van der Waals surface area contributed by atoms with Gasteiger partial charge >= 0.3 is 5.97 Å². The van der Waals surface area contributed by atoms with Crippen molar-refractivity contribution in [1.82, 2.24) is 0 Å². The van der Waals surface area contributed by atoms with Gasteiger partial charge in [-0.3, -0.25) is 0 Å². The number of ether oxygens (including phenoxy) is 1. The van der Waals surface area contributed by atoms with E-state index in [9.17, 15) is 4.79 Å². The first-order valence-electron chi connectivity index (χ1n) is 5.55. The van der Waals surface area contributed by atoms with E-state index < -0.39 is 0 Å². The number of carbonyl (C=O) groups is 1. The molecule has 88 valence electrons. The molecular formula is C13H18O2S. The molecule has 1 aromatic rings. The van der Waals surface area contributed by atoms with Gasteiger partial charge in [-0.25, -0.2) is 4.79 Å². The summed E-state index contributed by atoms with van der Waals surface area (Å²) in [4.78, 5) is 12.4. The number of esters is 1.